The molecule has 1 heterocycles. The SMILES string of the molecule is O=[n+]1c2c(n(O)c3ccccc31)[C@@H](O)CC[C@H]2O. The minimum Gasteiger partial charge on any atom is -0.428 e. The summed E-state index contributed by atoms with van der Waals surface area (Å²) >= 11 is 0. The molecule has 0 spiro atoms. The van der Waals surface area contributed by atoms with Crippen LogP contribution in [0.4, 0.5) is 0 Å². The highest BCUT2D eigenvalue weighted by molar-refractivity contribution is 5.71. The van der Waals surface area contributed by atoms with Crippen molar-refractivity contribution in [2.75, 3.05) is 0 Å². The Morgan fingerprint density at radius 3 is 2.61 bits per heavy atom. The molecule has 3 N–H and O–H groups in total. The molecule has 0 saturated heterocycles. The summed E-state index contributed by atoms with van der Waals surface area (Å²) in [5, 5.41) is 29.9. The highest BCUT2D eigenvalue weighted by Crippen LogP contribution is 2.34. The molecule has 6 heteroatoms. The summed E-state index contributed by atoms with van der Waals surface area (Å²) in [7, 11) is 0. The fraction of sp³-hybridized carbons (Fsp3) is 0.333. The second-order valence-electron chi connectivity index (χ2n) is 4.47. The second kappa shape index (κ2) is 3.79. The van der Waals surface area contributed by atoms with E-state index in [4.69, 9.17) is 0 Å². The van der Waals surface area contributed by atoms with Crippen LogP contribution in [0, 0.1) is 4.91 Å². The predicted octanol–water partition coefficient (Wildman–Crippen LogP) is 0.654. The maximum absolute atomic E-state index is 12.2. The average molecular weight is 249 g/mol. The summed E-state index contributed by atoms with van der Waals surface area (Å²) < 4.78 is 1.39. The zero-order chi connectivity index (χ0) is 12.9. The Kier molecular flexibility index (Phi) is 2.36. The lowest BCUT2D eigenvalue weighted by Gasteiger charge is -2.21. The van der Waals surface area contributed by atoms with E-state index in [2.05, 4.69) is 0 Å². The van der Waals surface area contributed by atoms with Crippen molar-refractivity contribution in [2.45, 2.75) is 25.0 Å². The lowest BCUT2D eigenvalue weighted by atomic mass is 9.95. The molecular weight excluding hydrogens is 236 g/mol. The van der Waals surface area contributed by atoms with E-state index < -0.39 is 12.2 Å². The molecule has 1 aromatic heterocycles. The van der Waals surface area contributed by atoms with Crippen molar-refractivity contribution in [1.82, 2.24) is 4.73 Å². The van der Waals surface area contributed by atoms with E-state index in [0.717, 1.165) is 4.73 Å². The van der Waals surface area contributed by atoms with Crippen LogP contribution < -0.4 is 4.43 Å². The molecule has 3 rings (SSSR count). The number of fused-ring (bicyclic) bond motifs is 2. The molecule has 2 aromatic rings. The van der Waals surface area contributed by atoms with Gasteiger partial charge in [0.25, 0.3) is 11.2 Å². The first-order valence-corrected chi connectivity index (χ1v) is 5.76. The van der Waals surface area contributed by atoms with Crippen LogP contribution in [0.15, 0.2) is 24.3 Å². The fourth-order valence-electron chi connectivity index (χ4n) is 2.49. The summed E-state index contributed by atoms with van der Waals surface area (Å²) in [6.07, 6.45) is -1.30. The van der Waals surface area contributed by atoms with Gasteiger partial charge < -0.3 is 15.4 Å². The molecule has 1 aliphatic rings. The minimum atomic E-state index is -0.969. The summed E-state index contributed by atoms with van der Waals surface area (Å²) in [6.45, 7) is 0. The van der Waals surface area contributed by atoms with Gasteiger partial charge in [0.05, 0.1) is 4.43 Å². The van der Waals surface area contributed by atoms with Crippen LogP contribution in [0.3, 0.4) is 0 Å². The standard InChI is InChI=1S/C12H13N2O4/c15-9-5-6-10(16)12-11(9)13(17)7-3-1-2-4-8(7)14(12)18/h1-4,9-10,15-17H,5-6H2/q+1/t9-,10+/m0/s1. The van der Waals surface area contributed by atoms with Gasteiger partial charge >= 0.3 is 0 Å². The number of aliphatic hydroxyl groups excluding tert-OH is 2. The first kappa shape index (κ1) is 11.2. The number of hydrogen-bond acceptors (Lipinski definition) is 4. The smallest absolute Gasteiger partial charge is 0.294 e. The van der Waals surface area contributed by atoms with Crippen molar-refractivity contribution in [3.8, 4) is 0 Å². The third-order valence-corrected chi connectivity index (χ3v) is 3.38. The first-order valence-electron chi connectivity index (χ1n) is 5.76. The molecule has 0 aliphatic heterocycles. The van der Waals surface area contributed by atoms with Crippen LogP contribution >= 0.6 is 0 Å². The molecule has 0 saturated carbocycles. The molecule has 1 aromatic carbocycles. The van der Waals surface area contributed by atoms with E-state index in [1.54, 1.807) is 24.3 Å². The average Bonchev–Trinajstić information content (AvgIpc) is 2.38. The first-order chi connectivity index (χ1) is 8.61. The highest BCUT2D eigenvalue weighted by atomic mass is 16.5. The Balaban J connectivity index is 2.50. The van der Waals surface area contributed by atoms with Gasteiger partial charge in [-0.2, -0.15) is 4.73 Å². The normalized spacial score (nSPS) is 23.0. The third-order valence-electron chi connectivity index (χ3n) is 3.38. The van der Waals surface area contributed by atoms with E-state index in [0.29, 0.717) is 22.8 Å². The van der Waals surface area contributed by atoms with Gasteiger partial charge in [0, 0.05) is 11.0 Å². The lowest BCUT2D eigenvalue weighted by molar-refractivity contribution is -0.485. The van der Waals surface area contributed by atoms with Crippen LogP contribution in [-0.4, -0.2) is 20.2 Å². The molecule has 0 radical (unpaired) electrons. The third kappa shape index (κ3) is 1.36. The Bertz CT molecular complexity index is 680. The van der Waals surface area contributed by atoms with Crippen molar-refractivity contribution in [3.05, 3.63) is 40.6 Å². The van der Waals surface area contributed by atoms with Crippen LogP contribution in [0.25, 0.3) is 11.0 Å². The number of aromatic nitrogens is 2. The van der Waals surface area contributed by atoms with Crippen LogP contribution in [0.1, 0.15) is 36.4 Å². The van der Waals surface area contributed by atoms with E-state index >= 15 is 0 Å². The van der Waals surface area contributed by atoms with E-state index in [9.17, 15) is 20.3 Å². The Morgan fingerprint density at radius 1 is 1.17 bits per heavy atom. The van der Waals surface area contributed by atoms with Crippen molar-refractivity contribution in [3.63, 3.8) is 0 Å². The van der Waals surface area contributed by atoms with Crippen LogP contribution in [0.5, 0.6) is 0 Å². The summed E-state index contributed by atoms with van der Waals surface area (Å²) in [6, 6.07) is 6.50. The number of hydrogen-bond donors (Lipinski definition) is 3. The van der Waals surface area contributed by atoms with E-state index in [-0.39, 0.29) is 16.9 Å². The minimum absolute atomic E-state index is 0.0231. The maximum Gasteiger partial charge on any atom is 0.294 e. The van der Waals surface area contributed by atoms with Gasteiger partial charge in [-0.15, -0.1) is 0 Å². The Labute approximate surface area is 102 Å². The molecule has 18 heavy (non-hydrogen) atoms. The zero-order valence-electron chi connectivity index (χ0n) is 9.52. The van der Waals surface area contributed by atoms with Crippen molar-refractivity contribution in [1.29, 1.82) is 0 Å². The fourth-order valence-corrected chi connectivity index (χ4v) is 2.49. The van der Waals surface area contributed by atoms with Gasteiger partial charge in [-0.05, 0) is 18.9 Å². The zero-order valence-corrected chi connectivity index (χ0v) is 9.52. The molecule has 94 valence electrons. The van der Waals surface area contributed by atoms with Gasteiger partial charge in [0.1, 0.15) is 12.2 Å². The predicted molar refractivity (Wildman–Crippen MR) is 61.6 cm³/mol. The van der Waals surface area contributed by atoms with Gasteiger partial charge in [-0.1, -0.05) is 12.1 Å². The summed E-state index contributed by atoms with van der Waals surface area (Å²) in [4.78, 5) is 12.2. The number of nitrogens with zero attached hydrogens (tertiary/aromatic N) is 2. The molecule has 0 fully saturated rings. The Hall–Kier alpha value is -1.92. The quantitative estimate of drug-likeness (QED) is 0.472. The molecule has 2 atom stereocenters. The monoisotopic (exact) mass is 249 g/mol. The molecule has 0 amide bonds. The van der Waals surface area contributed by atoms with Gasteiger partial charge in [0.2, 0.25) is 0 Å². The topological polar surface area (TPSA) is 88.6 Å². The van der Waals surface area contributed by atoms with E-state index in [1.807, 2.05) is 0 Å². The molecule has 1 aliphatic carbocycles. The molecule has 0 bridgehead atoms. The van der Waals surface area contributed by atoms with Crippen LogP contribution in [0.2, 0.25) is 0 Å². The summed E-state index contributed by atoms with van der Waals surface area (Å²) in [5.74, 6) is 0. The molecule has 0 unspecified atom stereocenters. The number of aliphatic hydroxyl groups is 2. The second-order valence-corrected chi connectivity index (χ2v) is 4.47. The number of para-hydroxylation sites is 2. The van der Waals surface area contributed by atoms with Gasteiger partial charge in [-0.25, -0.2) is 0 Å². The van der Waals surface area contributed by atoms with Crippen molar-refractivity contribution < 1.29 is 19.8 Å². The van der Waals surface area contributed by atoms with Crippen LogP contribution in [-0.2, 0) is 0 Å². The van der Waals surface area contributed by atoms with Gasteiger partial charge in [-0.3, -0.25) is 0 Å². The molecular formula is C12H13N2O4+. The highest BCUT2D eigenvalue weighted by Gasteiger charge is 2.38. The maximum atomic E-state index is 12.2. The lowest BCUT2D eigenvalue weighted by Crippen LogP contribution is -2.34. The largest absolute Gasteiger partial charge is 0.428 e. The number of benzene rings is 1. The molecule has 6 nitrogen and oxygen atoms in total. The summed E-state index contributed by atoms with van der Waals surface area (Å²) in [5.41, 5.74) is 0.656. The van der Waals surface area contributed by atoms with E-state index in [1.165, 1.54) is 0 Å². The number of rotatable bonds is 0. The Morgan fingerprint density at radius 2 is 1.83 bits per heavy atom. The van der Waals surface area contributed by atoms with Gasteiger partial charge in [0.15, 0.2) is 11.2 Å². The van der Waals surface area contributed by atoms with Crippen molar-refractivity contribution >= 4 is 11.0 Å². The van der Waals surface area contributed by atoms with Crippen molar-refractivity contribution in [2.24, 2.45) is 0 Å².